The van der Waals surface area contributed by atoms with Crippen LogP contribution in [0.3, 0.4) is 0 Å². The monoisotopic (exact) mass is 353 g/mol. The van der Waals surface area contributed by atoms with Gasteiger partial charge in [-0.25, -0.2) is 0 Å². The third-order valence-corrected chi connectivity index (χ3v) is 4.91. The molecular formula is C20H23N3O3. The van der Waals surface area contributed by atoms with Crippen molar-refractivity contribution in [2.45, 2.75) is 44.6 Å². The lowest BCUT2D eigenvalue weighted by Gasteiger charge is -2.26. The second-order valence-corrected chi connectivity index (χ2v) is 6.79. The molecule has 2 aromatic rings. The molecule has 0 saturated heterocycles. The Balaban J connectivity index is 1.71. The zero-order valence-electron chi connectivity index (χ0n) is 14.7. The Kier molecular flexibility index (Phi) is 5.90. The van der Waals surface area contributed by atoms with Crippen molar-refractivity contribution >= 4 is 22.8 Å². The van der Waals surface area contributed by atoms with Gasteiger partial charge >= 0.3 is 0 Å². The normalized spacial score (nSPS) is 16.0. The molecule has 1 aromatic carbocycles. The zero-order valence-corrected chi connectivity index (χ0v) is 14.7. The number of hydrogen-bond acceptors (Lipinski definition) is 4. The molecule has 2 amide bonds. The Morgan fingerprint density at radius 1 is 1.23 bits per heavy atom. The Labute approximate surface area is 152 Å². The van der Waals surface area contributed by atoms with Gasteiger partial charge in [-0.05, 0) is 24.5 Å². The second kappa shape index (κ2) is 8.52. The summed E-state index contributed by atoms with van der Waals surface area (Å²) in [5.74, 6) is -0.124. The molecule has 26 heavy (non-hydrogen) atoms. The van der Waals surface area contributed by atoms with E-state index in [4.69, 9.17) is 9.68 Å². The molecule has 0 radical (unpaired) electrons. The van der Waals surface area contributed by atoms with E-state index in [9.17, 15) is 9.59 Å². The lowest BCUT2D eigenvalue weighted by atomic mass is 9.84. The Bertz CT molecular complexity index is 782. The van der Waals surface area contributed by atoms with Crippen molar-refractivity contribution in [2.24, 2.45) is 5.92 Å². The van der Waals surface area contributed by atoms with Crippen LogP contribution in [0, 0.1) is 17.2 Å². The highest BCUT2D eigenvalue weighted by molar-refractivity contribution is 5.98. The van der Waals surface area contributed by atoms with Crippen molar-refractivity contribution in [3.05, 3.63) is 36.1 Å². The first-order chi connectivity index (χ1) is 12.7. The minimum absolute atomic E-state index is 0.0689. The van der Waals surface area contributed by atoms with Crippen LogP contribution in [0.5, 0.6) is 0 Å². The van der Waals surface area contributed by atoms with Gasteiger partial charge in [-0.1, -0.05) is 50.3 Å². The molecule has 1 atom stereocenters. The zero-order chi connectivity index (χ0) is 18.4. The van der Waals surface area contributed by atoms with Crippen LogP contribution in [0.15, 0.2) is 34.7 Å². The summed E-state index contributed by atoms with van der Waals surface area (Å²) in [5, 5.41) is 14.9. The maximum absolute atomic E-state index is 12.6. The summed E-state index contributed by atoms with van der Waals surface area (Å²) >= 11 is 0. The van der Waals surface area contributed by atoms with Crippen LogP contribution in [0.2, 0.25) is 0 Å². The van der Waals surface area contributed by atoms with Gasteiger partial charge < -0.3 is 15.1 Å². The summed E-state index contributed by atoms with van der Waals surface area (Å²) in [6.07, 6.45) is 6.28. The summed E-state index contributed by atoms with van der Waals surface area (Å²) in [6.45, 7) is -0.0689. The van der Waals surface area contributed by atoms with Crippen LogP contribution >= 0.6 is 0 Å². The van der Waals surface area contributed by atoms with Crippen LogP contribution in [-0.4, -0.2) is 24.4 Å². The van der Waals surface area contributed by atoms with E-state index in [-0.39, 0.29) is 18.2 Å². The van der Waals surface area contributed by atoms with E-state index < -0.39 is 11.9 Å². The summed E-state index contributed by atoms with van der Waals surface area (Å²) in [4.78, 5) is 25.0. The number of nitrogens with one attached hydrogen (secondary N) is 2. The minimum atomic E-state index is -0.660. The lowest BCUT2D eigenvalue weighted by Crippen LogP contribution is -2.47. The molecular weight excluding hydrogens is 330 g/mol. The molecule has 1 saturated carbocycles. The van der Waals surface area contributed by atoms with Gasteiger partial charge in [0.1, 0.15) is 18.2 Å². The summed E-state index contributed by atoms with van der Waals surface area (Å²) < 4.78 is 5.59. The molecule has 0 unspecified atom stereocenters. The molecule has 1 aromatic heterocycles. The summed E-state index contributed by atoms with van der Waals surface area (Å²) in [7, 11) is 0. The molecule has 0 bridgehead atoms. The fourth-order valence-corrected chi connectivity index (χ4v) is 3.56. The Hall–Kier alpha value is -2.81. The van der Waals surface area contributed by atoms with Crippen molar-refractivity contribution in [3.63, 3.8) is 0 Å². The third kappa shape index (κ3) is 4.42. The molecule has 2 N–H and O–H groups in total. The number of fused-ring (bicyclic) bond motifs is 1. The average Bonchev–Trinajstić information content (AvgIpc) is 3.10. The first-order valence-corrected chi connectivity index (χ1v) is 9.11. The number of carbonyl (C=O) groups is 2. The maximum atomic E-state index is 12.6. The van der Waals surface area contributed by atoms with E-state index in [0.717, 1.165) is 31.1 Å². The molecule has 1 fully saturated rings. The summed E-state index contributed by atoms with van der Waals surface area (Å²) in [6, 6.07) is 10.3. The molecule has 1 heterocycles. The molecule has 136 valence electrons. The predicted molar refractivity (Wildman–Crippen MR) is 97.3 cm³/mol. The van der Waals surface area contributed by atoms with Gasteiger partial charge in [-0.3, -0.25) is 9.59 Å². The standard InChI is InChI=1S/C20H23N3O3/c21-10-11-22-19(24)16(12-14-6-2-1-3-7-14)23-20(25)18-13-15-8-4-5-9-17(15)26-18/h4-5,8-9,13-14,16H,1-3,6-7,11-12H2,(H,22,24)(H,23,25)/t16-/m0/s1. The van der Waals surface area contributed by atoms with Crippen molar-refractivity contribution in [1.82, 2.24) is 10.6 Å². The molecule has 0 spiro atoms. The van der Waals surface area contributed by atoms with Crippen LogP contribution in [0.1, 0.15) is 49.1 Å². The largest absolute Gasteiger partial charge is 0.451 e. The van der Waals surface area contributed by atoms with E-state index in [1.807, 2.05) is 24.3 Å². The van der Waals surface area contributed by atoms with Crippen LogP contribution in [0.4, 0.5) is 0 Å². The van der Waals surface area contributed by atoms with Crippen LogP contribution in [0.25, 0.3) is 11.0 Å². The van der Waals surface area contributed by atoms with Gasteiger partial charge in [-0.15, -0.1) is 0 Å². The van der Waals surface area contributed by atoms with Gasteiger partial charge in [0.2, 0.25) is 5.91 Å². The number of hydrogen-bond donors (Lipinski definition) is 2. The molecule has 3 rings (SSSR count). The van der Waals surface area contributed by atoms with E-state index in [1.54, 1.807) is 12.1 Å². The van der Waals surface area contributed by atoms with Crippen LogP contribution in [-0.2, 0) is 4.79 Å². The highest BCUT2D eigenvalue weighted by atomic mass is 16.3. The van der Waals surface area contributed by atoms with E-state index >= 15 is 0 Å². The average molecular weight is 353 g/mol. The van der Waals surface area contributed by atoms with E-state index in [0.29, 0.717) is 17.9 Å². The van der Waals surface area contributed by atoms with Crippen molar-refractivity contribution in [3.8, 4) is 6.07 Å². The topological polar surface area (TPSA) is 95.1 Å². The first-order valence-electron chi connectivity index (χ1n) is 9.11. The van der Waals surface area contributed by atoms with Crippen molar-refractivity contribution in [2.75, 3.05) is 6.54 Å². The molecule has 6 nitrogen and oxygen atoms in total. The van der Waals surface area contributed by atoms with Gasteiger partial charge in [0.15, 0.2) is 5.76 Å². The van der Waals surface area contributed by atoms with Crippen LogP contribution < -0.4 is 10.6 Å². The third-order valence-electron chi connectivity index (χ3n) is 4.91. The number of benzene rings is 1. The SMILES string of the molecule is N#CCNC(=O)[C@H](CC1CCCCC1)NC(=O)c1cc2ccccc2o1. The number of nitriles is 1. The number of amides is 2. The Morgan fingerprint density at radius 2 is 2.00 bits per heavy atom. The first kappa shape index (κ1) is 18.0. The summed E-state index contributed by atoms with van der Waals surface area (Å²) in [5.41, 5.74) is 0.635. The maximum Gasteiger partial charge on any atom is 0.287 e. The number of carbonyl (C=O) groups excluding carboxylic acids is 2. The fourth-order valence-electron chi connectivity index (χ4n) is 3.56. The van der Waals surface area contributed by atoms with Gasteiger partial charge in [0.25, 0.3) is 5.91 Å². The lowest BCUT2D eigenvalue weighted by molar-refractivity contribution is -0.123. The second-order valence-electron chi connectivity index (χ2n) is 6.79. The van der Waals surface area contributed by atoms with Gasteiger partial charge in [0.05, 0.1) is 6.07 Å². The molecule has 1 aliphatic rings. The number of rotatable bonds is 6. The molecule has 1 aliphatic carbocycles. The Morgan fingerprint density at radius 3 is 2.73 bits per heavy atom. The minimum Gasteiger partial charge on any atom is -0.451 e. The van der Waals surface area contributed by atoms with E-state index in [2.05, 4.69) is 10.6 Å². The van der Waals surface area contributed by atoms with Gasteiger partial charge in [0, 0.05) is 5.39 Å². The van der Waals surface area contributed by atoms with Crippen molar-refractivity contribution < 1.29 is 14.0 Å². The highest BCUT2D eigenvalue weighted by Crippen LogP contribution is 2.27. The predicted octanol–water partition coefficient (Wildman–Crippen LogP) is 3.14. The van der Waals surface area contributed by atoms with E-state index in [1.165, 1.54) is 6.42 Å². The number of nitrogens with zero attached hydrogens (tertiary/aromatic N) is 1. The number of furan rings is 1. The van der Waals surface area contributed by atoms with Crippen molar-refractivity contribution in [1.29, 1.82) is 5.26 Å². The van der Waals surface area contributed by atoms with Gasteiger partial charge in [-0.2, -0.15) is 5.26 Å². The fraction of sp³-hybridized carbons (Fsp3) is 0.450. The number of para-hydroxylation sites is 1. The molecule has 0 aliphatic heterocycles. The highest BCUT2D eigenvalue weighted by Gasteiger charge is 2.27. The smallest absolute Gasteiger partial charge is 0.287 e. The molecule has 6 heteroatoms. The quantitative estimate of drug-likeness (QED) is 0.780.